The summed E-state index contributed by atoms with van der Waals surface area (Å²) in [4.78, 5) is 35.9. The molecule has 0 bridgehead atoms. The summed E-state index contributed by atoms with van der Waals surface area (Å²) in [6.07, 6.45) is 2.66. The van der Waals surface area contributed by atoms with Crippen LogP contribution in [0.4, 0.5) is 0 Å². The van der Waals surface area contributed by atoms with E-state index in [0.29, 0.717) is 32.2 Å². The standard InChI is InChI=1S/C14H25NO3.C2H6/c1-5-13(17)15(14(18)6-2)10-8-7-9-12(16)11(3)4;1-2/h11H,5-10H2,1-4H3;1-2H3. The third kappa shape index (κ3) is 8.83. The molecule has 4 heteroatoms. The van der Waals surface area contributed by atoms with Gasteiger partial charge in [-0.25, -0.2) is 0 Å². The van der Waals surface area contributed by atoms with Crippen molar-refractivity contribution < 1.29 is 14.4 Å². The van der Waals surface area contributed by atoms with E-state index in [2.05, 4.69) is 0 Å². The van der Waals surface area contributed by atoms with Crippen LogP contribution in [0, 0.1) is 5.92 Å². The first-order valence-electron chi connectivity index (χ1n) is 7.79. The molecule has 0 N–H and O–H groups in total. The van der Waals surface area contributed by atoms with E-state index in [4.69, 9.17) is 0 Å². The molecule has 0 aliphatic carbocycles. The van der Waals surface area contributed by atoms with E-state index in [1.807, 2.05) is 27.7 Å². The number of rotatable bonds is 8. The van der Waals surface area contributed by atoms with Crippen molar-refractivity contribution in [2.75, 3.05) is 6.54 Å². The molecule has 0 aromatic rings. The zero-order valence-electron chi connectivity index (χ0n) is 14.0. The molecule has 0 aromatic heterocycles. The van der Waals surface area contributed by atoms with Gasteiger partial charge in [0.25, 0.3) is 0 Å². The molecule has 0 saturated carbocycles. The fraction of sp³-hybridized carbons (Fsp3) is 0.812. The van der Waals surface area contributed by atoms with Crippen molar-refractivity contribution in [3.05, 3.63) is 0 Å². The molecule has 0 saturated heterocycles. The van der Waals surface area contributed by atoms with Gasteiger partial charge in [0.05, 0.1) is 0 Å². The molecule has 0 aromatic carbocycles. The van der Waals surface area contributed by atoms with E-state index in [9.17, 15) is 14.4 Å². The maximum atomic E-state index is 11.6. The Morgan fingerprint density at radius 3 is 1.70 bits per heavy atom. The molecule has 0 aliphatic heterocycles. The number of ketones is 1. The summed E-state index contributed by atoms with van der Waals surface area (Å²) < 4.78 is 0. The van der Waals surface area contributed by atoms with Crippen LogP contribution in [0.5, 0.6) is 0 Å². The van der Waals surface area contributed by atoms with E-state index in [1.165, 1.54) is 4.90 Å². The Morgan fingerprint density at radius 2 is 1.35 bits per heavy atom. The van der Waals surface area contributed by atoms with Crippen LogP contribution in [0.2, 0.25) is 0 Å². The normalized spacial score (nSPS) is 9.75. The fourth-order valence-corrected chi connectivity index (χ4v) is 1.63. The number of hydrogen-bond acceptors (Lipinski definition) is 3. The second-order valence-corrected chi connectivity index (χ2v) is 4.72. The highest BCUT2D eigenvalue weighted by Gasteiger charge is 2.17. The first-order chi connectivity index (χ1) is 9.43. The first-order valence-corrected chi connectivity index (χ1v) is 7.79. The van der Waals surface area contributed by atoms with Crippen LogP contribution < -0.4 is 0 Å². The SMILES string of the molecule is CC.CCC(=O)N(CCCCC(=O)C(C)C)C(=O)CC. The third-order valence-electron chi connectivity index (χ3n) is 2.91. The summed E-state index contributed by atoms with van der Waals surface area (Å²) >= 11 is 0. The monoisotopic (exact) mass is 285 g/mol. The van der Waals surface area contributed by atoms with E-state index in [1.54, 1.807) is 13.8 Å². The van der Waals surface area contributed by atoms with Gasteiger partial charge in [-0.15, -0.1) is 0 Å². The average molecular weight is 285 g/mol. The minimum absolute atomic E-state index is 0.0654. The van der Waals surface area contributed by atoms with Gasteiger partial charge in [-0.1, -0.05) is 41.5 Å². The van der Waals surface area contributed by atoms with Gasteiger partial charge < -0.3 is 0 Å². The van der Waals surface area contributed by atoms with Gasteiger partial charge in [0.2, 0.25) is 11.8 Å². The quantitative estimate of drug-likeness (QED) is 0.640. The topological polar surface area (TPSA) is 54.5 Å². The molecule has 4 nitrogen and oxygen atoms in total. The summed E-state index contributed by atoms with van der Waals surface area (Å²) in [6.45, 7) is 11.7. The molecular formula is C16H31NO3. The van der Waals surface area contributed by atoms with Crippen molar-refractivity contribution in [2.45, 2.75) is 73.6 Å². The molecule has 0 spiro atoms. The van der Waals surface area contributed by atoms with Gasteiger partial charge in [-0.3, -0.25) is 19.3 Å². The fourth-order valence-electron chi connectivity index (χ4n) is 1.63. The Hall–Kier alpha value is -1.19. The van der Waals surface area contributed by atoms with Crippen LogP contribution in [0.15, 0.2) is 0 Å². The molecule has 2 amide bonds. The van der Waals surface area contributed by atoms with Crippen molar-refractivity contribution in [3.8, 4) is 0 Å². The minimum atomic E-state index is -0.128. The highest BCUT2D eigenvalue weighted by molar-refractivity contribution is 5.95. The molecule has 118 valence electrons. The zero-order valence-corrected chi connectivity index (χ0v) is 14.0. The number of Topliss-reactive ketones (excluding diaryl/α,β-unsaturated/α-hetero) is 1. The minimum Gasteiger partial charge on any atom is -0.299 e. The Bertz CT molecular complexity index is 282. The molecule has 20 heavy (non-hydrogen) atoms. The van der Waals surface area contributed by atoms with Crippen molar-refractivity contribution >= 4 is 17.6 Å². The smallest absolute Gasteiger partial charge is 0.228 e. The van der Waals surface area contributed by atoms with E-state index in [-0.39, 0.29) is 23.5 Å². The van der Waals surface area contributed by atoms with Crippen molar-refractivity contribution in [1.29, 1.82) is 0 Å². The lowest BCUT2D eigenvalue weighted by Gasteiger charge is -2.19. The molecular weight excluding hydrogens is 254 g/mol. The van der Waals surface area contributed by atoms with Crippen LogP contribution in [0.3, 0.4) is 0 Å². The van der Waals surface area contributed by atoms with Crippen LogP contribution in [0.25, 0.3) is 0 Å². The predicted octanol–water partition coefficient (Wildman–Crippen LogP) is 3.58. The zero-order chi connectivity index (χ0) is 16.1. The largest absolute Gasteiger partial charge is 0.299 e. The second kappa shape index (κ2) is 12.8. The summed E-state index contributed by atoms with van der Waals surface area (Å²) in [5, 5.41) is 0. The van der Waals surface area contributed by atoms with E-state index in [0.717, 1.165) is 6.42 Å². The lowest BCUT2D eigenvalue weighted by molar-refractivity contribution is -0.144. The predicted molar refractivity (Wildman–Crippen MR) is 82.3 cm³/mol. The highest BCUT2D eigenvalue weighted by atomic mass is 16.2. The molecule has 0 aliphatic rings. The number of carbonyl (C=O) groups is 3. The third-order valence-corrected chi connectivity index (χ3v) is 2.91. The molecule has 0 radical (unpaired) electrons. The summed E-state index contributed by atoms with van der Waals surface area (Å²) in [5.74, 6) is 0.0508. The van der Waals surface area contributed by atoms with Crippen molar-refractivity contribution in [2.24, 2.45) is 5.92 Å². The number of amides is 2. The Labute approximate surface area is 123 Å². The van der Waals surface area contributed by atoms with E-state index < -0.39 is 0 Å². The Balaban J connectivity index is 0. The molecule has 0 fully saturated rings. The van der Waals surface area contributed by atoms with Crippen molar-refractivity contribution in [1.82, 2.24) is 4.90 Å². The Kier molecular flexibility index (Phi) is 13.5. The van der Waals surface area contributed by atoms with E-state index >= 15 is 0 Å². The first kappa shape index (κ1) is 21.1. The van der Waals surface area contributed by atoms with Gasteiger partial charge in [-0.2, -0.15) is 0 Å². The molecule has 0 unspecified atom stereocenters. The van der Waals surface area contributed by atoms with Crippen LogP contribution in [0.1, 0.15) is 73.6 Å². The lowest BCUT2D eigenvalue weighted by atomic mass is 10.0. The maximum absolute atomic E-state index is 11.6. The summed E-state index contributed by atoms with van der Waals surface area (Å²) in [6, 6.07) is 0. The van der Waals surface area contributed by atoms with Crippen LogP contribution >= 0.6 is 0 Å². The summed E-state index contributed by atoms with van der Waals surface area (Å²) in [7, 11) is 0. The maximum Gasteiger partial charge on any atom is 0.228 e. The Morgan fingerprint density at radius 1 is 0.900 bits per heavy atom. The second-order valence-electron chi connectivity index (χ2n) is 4.72. The average Bonchev–Trinajstić information content (AvgIpc) is 2.47. The number of unbranched alkanes of at least 4 members (excludes halogenated alkanes) is 1. The van der Waals surface area contributed by atoms with Gasteiger partial charge in [0, 0.05) is 31.7 Å². The van der Waals surface area contributed by atoms with Gasteiger partial charge in [0.1, 0.15) is 5.78 Å². The van der Waals surface area contributed by atoms with Crippen molar-refractivity contribution in [3.63, 3.8) is 0 Å². The van der Waals surface area contributed by atoms with Gasteiger partial charge >= 0.3 is 0 Å². The highest BCUT2D eigenvalue weighted by Crippen LogP contribution is 2.07. The van der Waals surface area contributed by atoms with Gasteiger partial charge in [-0.05, 0) is 12.8 Å². The van der Waals surface area contributed by atoms with Crippen LogP contribution in [-0.4, -0.2) is 29.0 Å². The molecule has 0 heterocycles. The number of carbonyl (C=O) groups excluding carboxylic acids is 3. The van der Waals surface area contributed by atoms with Gasteiger partial charge in [0.15, 0.2) is 0 Å². The lowest BCUT2D eigenvalue weighted by Crippen LogP contribution is -2.36. The molecule has 0 atom stereocenters. The number of hydrogen-bond donors (Lipinski definition) is 0. The number of nitrogens with zero attached hydrogens (tertiary/aromatic N) is 1. The molecule has 0 rings (SSSR count). The summed E-state index contributed by atoms with van der Waals surface area (Å²) in [5.41, 5.74) is 0. The van der Waals surface area contributed by atoms with Crippen LogP contribution in [-0.2, 0) is 14.4 Å². The number of imide groups is 1.